The van der Waals surface area contributed by atoms with Gasteiger partial charge in [0.15, 0.2) is 0 Å². The van der Waals surface area contributed by atoms with Gasteiger partial charge >= 0.3 is 0 Å². The van der Waals surface area contributed by atoms with Gasteiger partial charge in [0.25, 0.3) is 0 Å². The molecule has 17 heavy (non-hydrogen) atoms. The largest absolute Gasteiger partial charge is 0.481 e. The van der Waals surface area contributed by atoms with Crippen LogP contribution in [0.3, 0.4) is 0 Å². The zero-order valence-corrected chi connectivity index (χ0v) is 9.71. The van der Waals surface area contributed by atoms with Gasteiger partial charge in [-0.1, -0.05) is 6.07 Å². The van der Waals surface area contributed by atoms with Crippen molar-refractivity contribution < 1.29 is 4.74 Å². The molecule has 0 amide bonds. The van der Waals surface area contributed by atoms with Gasteiger partial charge in [0.1, 0.15) is 11.6 Å². The molecular weight excluding hydrogens is 218 g/mol. The lowest BCUT2D eigenvalue weighted by Crippen LogP contribution is -2.05. The van der Waals surface area contributed by atoms with E-state index in [0.717, 1.165) is 5.56 Å². The van der Waals surface area contributed by atoms with Gasteiger partial charge in [0.05, 0.1) is 7.11 Å². The van der Waals surface area contributed by atoms with Gasteiger partial charge in [-0.2, -0.15) is 9.97 Å². The minimum Gasteiger partial charge on any atom is -0.481 e. The number of hydrogen-bond acceptors (Lipinski definition) is 6. The van der Waals surface area contributed by atoms with Crippen LogP contribution in [0, 0.1) is 6.92 Å². The number of ether oxygens (including phenoxy) is 1. The Labute approximate surface area is 98.9 Å². The molecule has 0 saturated heterocycles. The number of hydrogen-bond donors (Lipinski definition) is 1. The van der Waals surface area contributed by atoms with E-state index in [1.165, 1.54) is 0 Å². The van der Waals surface area contributed by atoms with Crippen molar-refractivity contribution >= 4 is 5.95 Å². The highest BCUT2D eigenvalue weighted by atomic mass is 16.5. The Morgan fingerprint density at radius 3 is 2.65 bits per heavy atom. The van der Waals surface area contributed by atoms with Gasteiger partial charge in [-0.05, 0) is 12.5 Å². The quantitative estimate of drug-likeness (QED) is 0.839. The summed E-state index contributed by atoms with van der Waals surface area (Å²) in [6.07, 6.45) is 2.30. The smallest absolute Gasteiger partial charge is 0.223 e. The van der Waals surface area contributed by atoms with E-state index in [1.807, 2.05) is 6.07 Å². The minimum atomic E-state index is 0.244. The average molecular weight is 231 g/mol. The van der Waals surface area contributed by atoms with E-state index in [9.17, 15) is 0 Å². The van der Waals surface area contributed by atoms with Crippen LogP contribution in [0.25, 0.3) is 0 Å². The van der Waals surface area contributed by atoms with Crippen molar-refractivity contribution in [3.63, 3.8) is 0 Å². The van der Waals surface area contributed by atoms with Gasteiger partial charge in [-0.25, -0.2) is 9.97 Å². The van der Waals surface area contributed by atoms with Crippen molar-refractivity contribution in [2.75, 3.05) is 12.8 Å². The molecule has 0 aliphatic heterocycles. The van der Waals surface area contributed by atoms with Crippen molar-refractivity contribution in [3.05, 3.63) is 35.5 Å². The van der Waals surface area contributed by atoms with Crippen molar-refractivity contribution in [2.45, 2.75) is 13.3 Å². The van der Waals surface area contributed by atoms with E-state index >= 15 is 0 Å². The fraction of sp³-hybridized carbons (Fsp3) is 0.273. The Hall–Kier alpha value is -2.24. The molecule has 2 aromatic rings. The average Bonchev–Trinajstić information content (AvgIpc) is 2.28. The minimum absolute atomic E-state index is 0.244. The third kappa shape index (κ3) is 2.87. The number of anilines is 1. The number of aromatic nitrogens is 4. The van der Waals surface area contributed by atoms with E-state index in [-0.39, 0.29) is 5.95 Å². The summed E-state index contributed by atoms with van der Waals surface area (Å²) in [4.78, 5) is 16.3. The Morgan fingerprint density at radius 2 is 2.06 bits per heavy atom. The van der Waals surface area contributed by atoms with E-state index in [0.29, 0.717) is 23.9 Å². The van der Waals surface area contributed by atoms with Gasteiger partial charge in [0, 0.05) is 18.7 Å². The lowest BCUT2D eigenvalue weighted by molar-refractivity contribution is 0.397. The second kappa shape index (κ2) is 4.73. The van der Waals surface area contributed by atoms with Crippen LogP contribution in [-0.2, 0) is 6.42 Å². The van der Waals surface area contributed by atoms with Gasteiger partial charge in [-0.15, -0.1) is 0 Å². The van der Waals surface area contributed by atoms with Crippen molar-refractivity contribution in [2.24, 2.45) is 0 Å². The van der Waals surface area contributed by atoms with E-state index in [2.05, 4.69) is 19.9 Å². The maximum absolute atomic E-state index is 5.56. The molecule has 0 saturated carbocycles. The first-order valence-corrected chi connectivity index (χ1v) is 5.13. The van der Waals surface area contributed by atoms with Crippen LogP contribution in [0.5, 0.6) is 5.88 Å². The zero-order valence-electron chi connectivity index (χ0n) is 9.71. The fourth-order valence-electron chi connectivity index (χ4n) is 1.46. The molecule has 2 rings (SSSR count). The molecule has 0 radical (unpaired) electrons. The first kappa shape index (κ1) is 11.3. The molecule has 0 aromatic carbocycles. The Bertz CT molecular complexity index is 492. The molecular formula is C11H13N5O. The number of pyridine rings is 1. The number of rotatable bonds is 3. The summed E-state index contributed by atoms with van der Waals surface area (Å²) < 4.78 is 4.99. The van der Waals surface area contributed by atoms with Crippen LogP contribution < -0.4 is 10.5 Å². The fourth-order valence-corrected chi connectivity index (χ4v) is 1.46. The predicted octanol–water partition coefficient (Wildman–Crippen LogP) is 0.757. The number of nitrogens with two attached hydrogens (primary N) is 1. The van der Waals surface area contributed by atoms with Gasteiger partial charge in [0.2, 0.25) is 11.8 Å². The van der Waals surface area contributed by atoms with E-state index in [1.54, 1.807) is 26.3 Å². The predicted molar refractivity (Wildman–Crippen MR) is 62.6 cm³/mol. The highest BCUT2D eigenvalue weighted by molar-refractivity contribution is 5.23. The maximum Gasteiger partial charge on any atom is 0.223 e. The Kier molecular flexibility index (Phi) is 3.13. The van der Waals surface area contributed by atoms with Crippen molar-refractivity contribution in [3.8, 4) is 5.88 Å². The van der Waals surface area contributed by atoms with Gasteiger partial charge in [-0.3, -0.25) is 0 Å². The summed E-state index contributed by atoms with van der Waals surface area (Å²) >= 11 is 0. The summed E-state index contributed by atoms with van der Waals surface area (Å²) in [5.41, 5.74) is 6.56. The Balaban J connectivity index is 2.19. The topological polar surface area (TPSA) is 86.8 Å². The van der Waals surface area contributed by atoms with Gasteiger partial charge < -0.3 is 10.5 Å². The molecule has 88 valence electrons. The monoisotopic (exact) mass is 231 g/mol. The van der Waals surface area contributed by atoms with Crippen molar-refractivity contribution in [1.82, 2.24) is 19.9 Å². The van der Waals surface area contributed by atoms with E-state index in [4.69, 9.17) is 10.5 Å². The van der Waals surface area contributed by atoms with Crippen LogP contribution in [0.15, 0.2) is 18.3 Å². The highest BCUT2D eigenvalue weighted by Gasteiger charge is 2.03. The molecule has 2 heterocycles. The number of nitrogen functional groups attached to an aromatic ring is 1. The second-order valence-corrected chi connectivity index (χ2v) is 3.54. The van der Waals surface area contributed by atoms with Crippen LogP contribution in [0.1, 0.15) is 17.2 Å². The molecule has 0 unspecified atom stereocenters. The summed E-state index contributed by atoms with van der Waals surface area (Å²) in [6.45, 7) is 1.79. The van der Waals surface area contributed by atoms with Crippen LogP contribution >= 0.6 is 0 Å². The molecule has 2 aromatic heterocycles. The third-order valence-electron chi connectivity index (χ3n) is 2.18. The third-order valence-corrected chi connectivity index (χ3v) is 2.18. The first-order valence-electron chi connectivity index (χ1n) is 5.13. The normalized spacial score (nSPS) is 10.2. The lowest BCUT2D eigenvalue weighted by Gasteiger charge is -2.03. The van der Waals surface area contributed by atoms with Crippen molar-refractivity contribution in [1.29, 1.82) is 0 Å². The van der Waals surface area contributed by atoms with Crippen LogP contribution in [-0.4, -0.2) is 27.0 Å². The summed E-state index contributed by atoms with van der Waals surface area (Å²) in [7, 11) is 1.58. The highest BCUT2D eigenvalue weighted by Crippen LogP contribution is 2.10. The molecule has 0 fully saturated rings. The summed E-state index contributed by atoms with van der Waals surface area (Å²) in [6, 6.07) is 3.72. The van der Waals surface area contributed by atoms with E-state index < -0.39 is 0 Å². The number of nitrogens with zero attached hydrogens (tertiary/aromatic N) is 4. The summed E-state index contributed by atoms with van der Waals surface area (Å²) in [5.74, 6) is 2.09. The van der Waals surface area contributed by atoms with Crippen LogP contribution in [0.2, 0.25) is 0 Å². The number of aryl methyl sites for hydroxylation is 1. The molecule has 0 bridgehead atoms. The molecule has 0 aliphatic rings. The SMILES string of the molecule is COc1ccc(Cc2nc(C)nc(N)n2)cn1. The molecule has 6 nitrogen and oxygen atoms in total. The molecule has 0 atom stereocenters. The Morgan fingerprint density at radius 1 is 1.24 bits per heavy atom. The summed E-state index contributed by atoms with van der Waals surface area (Å²) in [5, 5.41) is 0. The molecule has 2 N–H and O–H groups in total. The second-order valence-electron chi connectivity index (χ2n) is 3.54. The molecule has 0 aliphatic carbocycles. The maximum atomic E-state index is 5.56. The zero-order chi connectivity index (χ0) is 12.3. The lowest BCUT2D eigenvalue weighted by atomic mass is 10.2. The molecule has 0 spiro atoms. The first-order chi connectivity index (χ1) is 8.17. The standard InChI is InChI=1S/C11H13N5O/c1-7-14-9(16-11(12)15-7)5-8-3-4-10(17-2)13-6-8/h3-4,6H,5H2,1-2H3,(H2,12,14,15,16). The number of methoxy groups -OCH3 is 1. The van der Waals surface area contributed by atoms with Crippen LogP contribution in [0.4, 0.5) is 5.95 Å². The molecule has 6 heteroatoms.